The normalized spacial score (nSPS) is 17.2. The molecule has 47 heavy (non-hydrogen) atoms. The van der Waals surface area contributed by atoms with Gasteiger partial charge in [0.05, 0.1) is 13.5 Å². The zero-order valence-corrected chi connectivity index (χ0v) is 29.3. The third-order valence-electron chi connectivity index (χ3n) is 8.23. The van der Waals surface area contributed by atoms with Crippen molar-refractivity contribution < 1.29 is 29.0 Å². The molecule has 0 aromatic heterocycles. The summed E-state index contributed by atoms with van der Waals surface area (Å²) in [6.07, 6.45) is 15.5. The number of ether oxygens (including phenoxy) is 1. The van der Waals surface area contributed by atoms with Gasteiger partial charge in [0.2, 0.25) is 5.91 Å². The topological polar surface area (TPSA) is 164 Å². The fraction of sp³-hybridized carbons (Fsp3) is 0.657. The Bertz CT molecular complexity index is 1190. The maximum absolute atomic E-state index is 13.2. The van der Waals surface area contributed by atoms with Crippen LogP contribution >= 0.6 is 11.8 Å². The molecule has 1 aliphatic rings. The minimum Gasteiger partial charge on any atom is -0.481 e. The number of hydrogen-bond donors (Lipinski definition) is 3. The summed E-state index contributed by atoms with van der Waals surface area (Å²) in [5.74, 6) is -1.64. The van der Waals surface area contributed by atoms with Crippen molar-refractivity contribution in [2.24, 2.45) is 15.7 Å². The van der Waals surface area contributed by atoms with E-state index < -0.39 is 17.1 Å². The van der Waals surface area contributed by atoms with E-state index in [-0.39, 0.29) is 37.3 Å². The van der Waals surface area contributed by atoms with Crippen molar-refractivity contribution in [3.8, 4) is 0 Å². The van der Waals surface area contributed by atoms with E-state index in [1.54, 1.807) is 24.3 Å². The zero-order valence-electron chi connectivity index (χ0n) is 28.5. The highest BCUT2D eigenvalue weighted by molar-refractivity contribution is 8.15. The maximum Gasteiger partial charge on any atom is 0.305 e. The third-order valence-corrected chi connectivity index (χ3v) is 9.63. The lowest BCUT2D eigenvalue weighted by atomic mass is 10.1. The smallest absolute Gasteiger partial charge is 0.305 e. The van der Waals surface area contributed by atoms with E-state index in [1.807, 2.05) is 11.8 Å². The number of rotatable bonds is 23. The minimum atomic E-state index is -0.975. The molecule has 0 aliphatic carbocycles. The van der Waals surface area contributed by atoms with Gasteiger partial charge in [-0.1, -0.05) is 101 Å². The van der Waals surface area contributed by atoms with Crippen molar-refractivity contribution in [1.29, 1.82) is 0 Å². The summed E-state index contributed by atoms with van der Waals surface area (Å²) in [4.78, 5) is 59.2. The Kier molecular flexibility index (Phi) is 19.5. The van der Waals surface area contributed by atoms with Gasteiger partial charge < -0.3 is 25.8 Å². The molecular formula is C35H55N5O6S. The number of amidine groups is 2. The monoisotopic (exact) mass is 673 g/mol. The van der Waals surface area contributed by atoms with Crippen LogP contribution < -0.4 is 11.1 Å². The van der Waals surface area contributed by atoms with Gasteiger partial charge in [-0.05, 0) is 31.9 Å². The van der Waals surface area contributed by atoms with Crippen molar-refractivity contribution in [3.05, 3.63) is 35.4 Å². The van der Waals surface area contributed by atoms with E-state index in [1.165, 1.54) is 76.7 Å². The summed E-state index contributed by atoms with van der Waals surface area (Å²) in [5, 5.41) is 11.7. The molecule has 1 aromatic rings. The molecule has 2 unspecified atom stereocenters. The second kappa shape index (κ2) is 23.0. The average molecular weight is 674 g/mol. The Morgan fingerprint density at radius 3 is 2.04 bits per heavy atom. The van der Waals surface area contributed by atoms with Crippen molar-refractivity contribution in [3.63, 3.8) is 0 Å². The number of aliphatic imine (C=N–C) groups is 2. The lowest BCUT2D eigenvalue weighted by Gasteiger charge is -2.25. The number of aliphatic carboxylic acids is 1. The van der Waals surface area contributed by atoms with Crippen LogP contribution in [0.15, 0.2) is 34.3 Å². The van der Waals surface area contributed by atoms with Gasteiger partial charge in [0.25, 0.3) is 5.91 Å². The Morgan fingerprint density at radius 2 is 1.47 bits per heavy atom. The predicted octanol–water partition coefficient (Wildman–Crippen LogP) is 5.94. The SMILES string of the molecule is CCCCCCCCCCCCCCN1C(=NC(=O)c2ccc(C(N)=NCCCC(=O)OC)cc2)SC(C(=O)NCCC(=O)O)C1C. The summed E-state index contributed by atoms with van der Waals surface area (Å²) in [5.41, 5.74) is 7.13. The predicted molar refractivity (Wildman–Crippen MR) is 189 cm³/mol. The summed E-state index contributed by atoms with van der Waals surface area (Å²) in [6, 6.07) is 6.50. The molecule has 0 saturated carbocycles. The number of carboxylic acid groups (broad SMARTS) is 1. The standard InChI is InChI=1S/C35H55N5O6S/c1-4-5-6-7-8-9-10-11-12-13-14-15-25-40-26(2)31(34(45)38-24-22-29(41)42)47-35(40)39-33(44)28-20-18-27(19-21-28)32(36)37-23-16-17-30(43)46-3/h18-21,26,31H,4-17,22-25H2,1-3H3,(H2,36,37)(H,38,45)(H,41,42). The molecule has 2 atom stereocenters. The van der Waals surface area contributed by atoms with Gasteiger partial charge in [-0.3, -0.25) is 24.2 Å². The number of benzene rings is 1. The summed E-state index contributed by atoms with van der Waals surface area (Å²) in [7, 11) is 1.34. The van der Waals surface area contributed by atoms with Gasteiger partial charge in [0.15, 0.2) is 5.17 Å². The first kappa shape index (κ1) is 39.8. The molecule has 2 rings (SSSR count). The summed E-state index contributed by atoms with van der Waals surface area (Å²) in [6.45, 7) is 5.30. The molecule has 0 bridgehead atoms. The minimum absolute atomic E-state index is 0.0478. The average Bonchev–Trinajstić information content (AvgIpc) is 3.37. The van der Waals surface area contributed by atoms with Crippen molar-refractivity contribution in [2.75, 3.05) is 26.7 Å². The number of methoxy groups -OCH3 is 1. The Morgan fingerprint density at radius 1 is 0.894 bits per heavy atom. The highest BCUT2D eigenvalue weighted by Crippen LogP contribution is 2.33. The van der Waals surface area contributed by atoms with Crippen LogP contribution in [0, 0.1) is 0 Å². The van der Waals surface area contributed by atoms with Crippen LogP contribution in [0.3, 0.4) is 0 Å². The highest BCUT2D eigenvalue weighted by atomic mass is 32.2. The van der Waals surface area contributed by atoms with Crippen LogP contribution in [0.2, 0.25) is 0 Å². The van der Waals surface area contributed by atoms with Crippen molar-refractivity contribution >= 4 is 46.5 Å². The Labute approximate surface area is 284 Å². The number of hydrogen-bond acceptors (Lipinski definition) is 7. The van der Waals surface area contributed by atoms with Gasteiger partial charge in [-0.15, -0.1) is 0 Å². The highest BCUT2D eigenvalue weighted by Gasteiger charge is 2.40. The number of nitrogens with two attached hydrogens (primary N) is 1. The van der Waals surface area contributed by atoms with Crippen LogP contribution in [0.25, 0.3) is 0 Å². The van der Waals surface area contributed by atoms with E-state index in [0.29, 0.717) is 41.6 Å². The number of carboxylic acids is 1. The molecule has 0 spiro atoms. The van der Waals surface area contributed by atoms with Gasteiger partial charge in [-0.2, -0.15) is 4.99 Å². The number of nitrogens with one attached hydrogen (secondary N) is 1. The molecule has 1 saturated heterocycles. The number of carbonyl (C=O) groups excluding carboxylic acids is 3. The van der Waals surface area contributed by atoms with Crippen LogP contribution in [-0.2, 0) is 19.1 Å². The Balaban J connectivity index is 1.98. The first-order valence-electron chi connectivity index (χ1n) is 17.2. The molecule has 11 nitrogen and oxygen atoms in total. The third kappa shape index (κ3) is 15.4. The number of nitrogens with zero attached hydrogens (tertiary/aromatic N) is 3. The molecule has 1 aromatic carbocycles. The van der Waals surface area contributed by atoms with Gasteiger partial charge >= 0.3 is 11.9 Å². The molecule has 4 N–H and O–H groups in total. The maximum atomic E-state index is 13.2. The van der Waals surface area contributed by atoms with Gasteiger partial charge in [0.1, 0.15) is 11.1 Å². The van der Waals surface area contributed by atoms with Crippen molar-refractivity contribution in [1.82, 2.24) is 10.2 Å². The number of thioether (sulfide) groups is 1. The van der Waals surface area contributed by atoms with Crippen LogP contribution in [0.4, 0.5) is 0 Å². The second-order valence-electron chi connectivity index (χ2n) is 12.0. The summed E-state index contributed by atoms with van der Waals surface area (Å²) >= 11 is 1.25. The fourth-order valence-electron chi connectivity index (χ4n) is 5.35. The van der Waals surface area contributed by atoms with E-state index in [0.717, 1.165) is 19.3 Å². The number of unbranched alkanes of at least 4 members (excludes halogenated alkanes) is 11. The summed E-state index contributed by atoms with van der Waals surface area (Å²) < 4.78 is 4.63. The fourth-order valence-corrected chi connectivity index (χ4v) is 6.64. The van der Waals surface area contributed by atoms with Gasteiger partial charge in [-0.25, -0.2) is 0 Å². The van der Waals surface area contributed by atoms with Crippen LogP contribution in [0.1, 0.15) is 126 Å². The largest absolute Gasteiger partial charge is 0.481 e. The number of amides is 2. The molecular weight excluding hydrogens is 618 g/mol. The Hall–Kier alpha value is -3.41. The lowest BCUT2D eigenvalue weighted by Crippen LogP contribution is -2.43. The van der Waals surface area contributed by atoms with Crippen LogP contribution in [-0.4, -0.2) is 82.8 Å². The van der Waals surface area contributed by atoms with E-state index in [4.69, 9.17) is 10.8 Å². The molecule has 12 heteroatoms. The first-order chi connectivity index (χ1) is 22.7. The number of esters is 1. The molecule has 262 valence electrons. The molecule has 1 fully saturated rings. The van der Waals surface area contributed by atoms with E-state index in [2.05, 4.69) is 27.0 Å². The van der Waals surface area contributed by atoms with Crippen LogP contribution in [0.5, 0.6) is 0 Å². The zero-order chi connectivity index (χ0) is 34.4. The lowest BCUT2D eigenvalue weighted by molar-refractivity contribution is -0.140. The molecule has 2 amide bonds. The molecule has 1 heterocycles. The number of carbonyl (C=O) groups is 4. The van der Waals surface area contributed by atoms with E-state index >= 15 is 0 Å². The first-order valence-corrected chi connectivity index (χ1v) is 18.1. The van der Waals surface area contributed by atoms with Gasteiger partial charge in [0, 0.05) is 43.2 Å². The second-order valence-corrected chi connectivity index (χ2v) is 13.1. The quantitative estimate of drug-likeness (QED) is 0.0552. The van der Waals surface area contributed by atoms with E-state index in [9.17, 15) is 19.2 Å². The van der Waals surface area contributed by atoms with Crippen molar-refractivity contribution in [2.45, 2.75) is 121 Å². The molecule has 0 radical (unpaired) electrons. The molecule has 1 aliphatic heterocycles.